The maximum atomic E-state index is 6.36. The molecule has 4 aliphatic rings. The second-order valence-electron chi connectivity index (χ2n) is 25.6. The highest BCUT2D eigenvalue weighted by molar-refractivity contribution is 6.33. The normalized spacial score (nSPS) is 14.5. The van der Waals surface area contributed by atoms with Crippen molar-refractivity contribution in [3.63, 3.8) is 0 Å². The van der Waals surface area contributed by atoms with Gasteiger partial charge in [-0.1, -0.05) is 170 Å². The first-order valence-electron chi connectivity index (χ1n) is 31.5. The second-order valence-corrected chi connectivity index (χ2v) is 25.6. The van der Waals surface area contributed by atoms with Crippen molar-refractivity contribution in [2.45, 2.75) is 73.0 Å². The van der Waals surface area contributed by atoms with Gasteiger partial charge in [0, 0.05) is 73.0 Å². The third kappa shape index (κ3) is 7.44. The zero-order valence-electron chi connectivity index (χ0n) is 50.9. The zero-order valence-corrected chi connectivity index (χ0v) is 50.9. The molecule has 426 valence electrons. The summed E-state index contributed by atoms with van der Waals surface area (Å²) in [7, 11) is 0. The van der Waals surface area contributed by atoms with E-state index in [1.54, 1.807) is 0 Å². The predicted molar refractivity (Wildman–Crippen MR) is 384 cm³/mol. The van der Waals surface area contributed by atoms with Crippen molar-refractivity contribution in [2.75, 3.05) is 0 Å². The summed E-state index contributed by atoms with van der Waals surface area (Å²) in [6.07, 6.45) is 54.5. The summed E-state index contributed by atoms with van der Waals surface area (Å²) in [5.41, 5.74) is 24.7. The van der Waals surface area contributed by atoms with Gasteiger partial charge in [0.15, 0.2) is 0 Å². The highest BCUT2D eigenvalue weighted by Gasteiger charge is 2.46. The lowest BCUT2D eigenvalue weighted by Gasteiger charge is -2.29. The van der Waals surface area contributed by atoms with Gasteiger partial charge in [-0.2, -0.15) is 0 Å². The van der Waals surface area contributed by atoms with E-state index >= 15 is 0 Å². The monoisotopic (exact) mass is 1160 g/mol. The van der Waals surface area contributed by atoms with Gasteiger partial charge < -0.3 is 0 Å². The Kier molecular flexibility index (Phi) is 12.6. The molecule has 16 rings (SSSR count). The molecule has 0 heterocycles. The summed E-state index contributed by atoms with van der Waals surface area (Å²) in [5.74, 6) is 24.6. The molecule has 0 atom stereocenters. The molecule has 0 nitrogen and oxygen atoms in total. The van der Waals surface area contributed by atoms with Crippen LogP contribution in [0.3, 0.4) is 0 Å². The topological polar surface area (TPSA) is 0 Å². The quantitative estimate of drug-likeness (QED) is 0.0845. The van der Waals surface area contributed by atoms with Crippen LogP contribution in [0.2, 0.25) is 0 Å². The van der Waals surface area contributed by atoms with Crippen LogP contribution < -0.4 is 0 Å². The molecule has 0 spiro atoms. The molecule has 0 radical (unpaired) electrons. The fraction of sp³-hybridized carbons (Fsp3) is 0.130. The van der Waals surface area contributed by atoms with Gasteiger partial charge in [0.05, 0.1) is 0 Å². The van der Waals surface area contributed by atoms with E-state index in [1.807, 2.05) is 0 Å². The summed E-state index contributed by atoms with van der Waals surface area (Å²) in [6, 6.07) is 76.4. The van der Waals surface area contributed by atoms with Gasteiger partial charge in [-0.25, -0.2) is 0 Å². The first kappa shape index (κ1) is 55.5. The van der Waals surface area contributed by atoms with E-state index in [9.17, 15) is 0 Å². The Labute approximate surface area is 540 Å². The van der Waals surface area contributed by atoms with Crippen molar-refractivity contribution < 1.29 is 0 Å². The number of rotatable bonds is 12. The van der Waals surface area contributed by atoms with E-state index < -0.39 is 21.7 Å². The minimum atomic E-state index is -0.584. The smallest absolute Gasteiger partial charge is 0.0433 e. The number of fused-ring (bicyclic) bond motifs is 12. The molecule has 0 saturated heterocycles. The highest BCUT2D eigenvalue weighted by atomic mass is 14.5. The van der Waals surface area contributed by atoms with E-state index in [-0.39, 0.29) is 0 Å². The lowest BCUT2D eigenvalue weighted by atomic mass is 9.72. The van der Waals surface area contributed by atoms with Gasteiger partial charge in [-0.05, 0) is 202 Å². The van der Waals surface area contributed by atoms with Crippen molar-refractivity contribution in [1.82, 2.24) is 0 Å². The van der Waals surface area contributed by atoms with Crippen molar-refractivity contribution in [1.29, 1.82) is 0 Å². The molecular weight excluding hydrogens is 1110 g/mol. The summed E-state index contributed by atoms with van der Waals surface area (Å²) >= 11 is 0. The highest BCUT2D eigenvalue weighted by Crippen LogP contribution is 2.60. The van der Waals surface area contributed by atoms with Crippen molar-refractivity contribution in [2.24, 2.45) is 0 Å². The van der Waals surface area contributed by atoms with Crippen molar-refractivity contribution in [3.8, 4) is 188 Å². The van der Waals surface area contributed by atoms with Crippen LogP contribution in [0, 0.1) is 98.8 Å². The summed E-state index contributed by atoms with van der Waals surface area (Å²) < 4.78 is 0. The van der Waals surface area contributed by atoms with Crippen LogP contribution in [0.15, 0.2) is 206 Å². The summed E-state index contributed by atoms with van der Waals surface area (Å²) in [5, 5.41) is 6.71. The molecular formula is C92H58. The lowest BCUT2D eigenvalue weighted by Crippen LogP contribution is -2.24. The molecule has 12 aromatic rings. The largest absolute Gasteiger partial charge is 0.120 e. The first-order chi connectivity index (χ1) is 45.2. The molecule has 0 heteroatoms. The van der Waals surface area contributed by atoms with E-state index in [0.29, 0.717) is 51.4 Å². The average molecular weight is 1160 g/mol. The average Bonchev–Trinajstić information content (AvgIpc) is 0.721. The van der Waals surface area contributed by atoms with Crippen LogP contribution in [0.1, 0.15) is 95.9 Å². The van der Waals surface area contributed by atoms with Crippen LogP contribution in [-0.4, -0.2) is 0 Å². The molecule has 0 amide bonds. The lowest BCUT2D eigenvalue weighted by molar-refractivity contribution is 0.560. The third-order valence-corrected chi connectivity index (χ3v) is 21.4. The molecule has 0 bridgehead atoms. The molecule has 12 aromatic carbocycles. The van der Waals surface area contributed by atoms with Crippen LogP contribution in [0.5, 0.6) is 0 Å². The summed E-state index contributed by atoms with van der Waals surface area (Å²) in [6.45, 7) is 0. The number of benzene rings is 12. The SMILES string of the molecule is C#CCC1(CC#C)c2ccccc2-c2ccc(-c3cc4c(-c5ccc6c(c5)C(CC#C)(CC#C)c5ccccc5-6)ccc5c(-c6ccc7c(c6)C(CC#C)(CC#C)c6ccccc6-7)cc6c(-c7ccc8c(c7)C(CC#C)(CC#C)c7ccccc7-8)ccc3c6c54)cc21. The van der Waals surface area contributed by atoms with Gasteiger partial charge in [-0.3, -0.25) is 0 Å². The van der Waals surface area contributed by atoms with Crippen LogP contribution in [-0.2, 0) is 21.7 Å². The Hall–Kier alpha value is -11.8. The number of hydrogen-bond acceptors (Lipinski definition) is 0. The zero-order chi connectivity index (χ0) is 62.7. The first-order valence-corrected chi connectivity index (χ1v) is 31.5. The van der Waals surface area contributed by atoms with Gasteiger partial charge in [0.1, 0.15) is 0 Å². The van der Waals surface area contributed by atoms with Gasteiger partial charge in [-0.15, -0.1) is 98.8 Å². The van der Waals surface area contributed by atoms with Gasteiger partial charge in [0.2, 0.25) is 0 Å². The Balaban J connectivity index is 1.04. The Morgan fingerprint density at radius 3 is 0.663 bits per heavy atom. The van der Waals surface area contributed by atoms with Crippen LogP contribution in [0.25, 0.3) is 121 Å². The van der Waals surface area contributed by atoms with E-state index in [2.05, 4.69) is 254 Å². The minimum absolute atomic E-state index is 0.456. The second kappa shape index (κ2) is 20.9. The van der Waals surface area contributed by atoms with E-state index in [1.165, 1.54) is 22.3 Å². The molecule has 0 saturated carbocycles. The Bertz CT molecular complexity index is 5180. The fourth-order valence-corrected chi connectivity index (χ4v) is 17.6. The maximum absolute atomic E-state index is 6.36. The molecule has 0 fully saturated rings. The molecule has 0 aliphatic heterocycles. The molecule has 4 aliphatic carbocycles. The molecule has 92 heavy (non-hydrogen) atoms. The van der Waals surface area contributed by atoms with Gasteiger partial charge >= 0.3 is 0 Å². The maximum Gasteiger partial charge on any atom is 0.0433 e. The van der Waals surface area contributed by atoms with Crippen molar-refractivity contribution >= 4 is 32.3 Å². The molecule has 0 unspecified atom stereocenters. The fourth-order valence-electron chi connectivity index (χ4n) is 17.6. The third-order valence-electron chi connectivity index (χ3n) is 21.4. The molecule has 0 aromatic heterocycles. The van der Waals surface area contributed by atoms with Crippen LogP contribution in [0.4, 0.5) is 0 Å². The van der Waals surface area contributed by atoms with Crippen molar-refractivity contribution in [3.05, 3.63) is 251 Å². The Morgan fingerprint density at radius 1 is 0.196 bits per heavy atom. The van der Waals surface area contributed by atoms with Crippen LogP contribution >= 0.6 is 0 Å². The van der Waals surface area contributed by atoms with E-state index in [4.69, 9.17) is 51.4 Å². The minimum Gasteiger partial charge on any atom is -0.120 e. The predicted octanol–water partition coefficient (Wildman–Crippen LogP) is 20.5. The number of terminal acetylenes is 8. The number of hydrogen-bond donors (Lipinski definition) is 0. The Morgan fingerprint density at radius 2 is 0.413 bits per heavy atom. The summed E-state index contributed by atoms with van der Waals surface area (Å²) in [4.78, 5) is 0. The van der Waals surface area contributed by atoms with Gasteiger partial charge in [0.25, 0.3) is 0 Å². The van der Waals surface area contributed by atoms with E-state index in [0.717, 1.165) is 144 Å². The molecule has 0 N–H and O–H groups in total. The standard InChI is InChI=1S/C92H58/c1-9-45-89(46-10-2)79-29-21-17-25-65(79)69-37-33-59(53-83(69)89)63-41-43-73-76(62-36-40-72-68-28-20-24-32-82(68)92(51-15-7,52-16-8)86(72)56-62)58-78-64(60-34-38-70-66-26-18-22-30-80(66)90(47-11-3,48-12-4)84(70)54-60)42-44-74-75(57-77(63)87(73)88(74)78)61-35-39-71-67-27-19-23-31-81(67)91(49-13-5,50-14-6)85(71)55-61/h1-8,17-44,53-58H,45-52H2.